The fourth-order valence-corrected chi connectivity index (χ4v) is 3.32. The summed E-state index contributed by atoms with van der Waals surface area (Å²) < 4.78 is 20.9. The van der Waals surface area contributed by atoms with E-state index in [2.05, 4.69) is 15.3 Å². The third-order valence-electron chi connectivity index (χ3n) is 3.92. The van der Waals surface area contributed by atoms with E-state index in [4.69, 9.17) is 27.6 Å². The number of rotatable bonds is 4. The molecule has 0 amide bonds. The molecule has 0 unspecified atom stereocenters. The molecule has 4 aromatic rings. The maximum Gasteiger partial charge on any atom is 0.214 e. The molecule has 0 aliphatic heterocycles. The zero-order valence-electron chi connectivity index (χ0n) is 13.6. The van der Waals surface area contributed by atoms with Crippen molar-refractivity contribution in [2.75, 3.05) is 5.32 Å². The largest absolute Gasteiger partial charge is 0.444 e. The van der Waals surface area contributed by atoms with Crippen LogP contribution in [0.3, 0.4) is 0 Å². The summed E-state index contributed by atoms with van der Waals surface area (Å²) in [7, 11) is 0. The number of fused-ring (bicyclic) bond motifs is 1. The van der Waals surface area contributed by atoms with E-state index in [-0.39, 0.29) is 10.0 Å². The van der Waals surface area contributed by atoms with Crippen LogP contribution in [0.5, 0.6) is 0 Å². The maximum atomic E-state index is 13.4. The van der Waals surface area contributed by atoms with Crippen molar-refractivity contribution in [3.63, 3.8) is 0 Å². The zero-order valence-corrected chi connectivity index (χ0v) is 15.1. The molecular formula is C18H13Cl2FN4O. The van der Waals surface area contributed by atoms with Gasteiger partial charge >= 0.3 is 0 Å². The number of anilines is 2. The molecule has 132 valence electrons. The van der Waals surface area contributed by atoms with Gasteiger partial charge in [0.25, 0.3) is 0 Å². The summed E-state index contributed by atoms with van der Waals surface area (Å²) in [6.07, 6.45) is 5.28. The molecule has 0 aliphatic carbocycles. The SMILES string of the molecule is Cc1cnc(Cn2ccc3c(Nc4c(Cl)cc(F)cc4Cl)nccc32)o1. The second-order valence-corrected chi connectivity index (χ2v) is 6.58. The number of oxazole rings is 1. The van der Waals surface area contributed by atoms with Gasteiger partial charge in [-0.1, -0.05) is 23.2 Å². The first kappa shape index (κ1) is 16.9. The van der Waals surface area contributed by atoms with Crippen LogP contribution >= 0.6 is 23.2 Å². The number of benzene rings is 1. The van der Waals surface area contributed by atoms with Crippen molar-refractivity contribution >= 4 is 45.6 Å². The lowest BCUT2D eigenvalue weighted by Gasteiger charge is -2.11. The van der Waals surface area contributed by atoms with Gasteiger partial charge in [0.05, 0.1) is 34.0 Å². The fourth-order valence-electron chi connectivity index (χ4n) is 2.76. The molecule has 0 fully saturated rings. The smallest absolute Gasteiger partial charge is 0.214 e. The summed E-state index contributed by atoms with van der Waals surface area (Å²) in [5.74, 6) is 1.46. The molecule has 3 heterocycles. The van der Waals surface area contributed by atoms with Gasteiger partial charge in [-0.2, -0.15) is 0 Å². The number of aromatic nitrogens is 3. The van der Waals surface area contributed by atoms with E-state index in [9.17, 15) is 4.39 Å². The second kappa shape index (κ2) is 6.63. The Morgan fingerprint density at radius 2 is 1.96 bits per heavy atom. The minimum absolute atomic E-state index is 0.184. The van der Waals surface area contributed by atoms with Crippen LogP contribution in [0.1, 0.15) is 11.7 Å². The fraction of sp³-hybridized carbons (Fsp3) is 0.111. The van der Waals surface area contributed by atoms with Gasteiger partial charge in [0.15, 0.2) is 0 Å². The lowest BCUT2D eigenvalue weighted by molar-refractivity contribution is 0.460. The van der Waals surface area contributed by atoms with Crippen molar-refractivity contribution in [2.45, 2.75) is 13.5 Å². The molecule has 26 heavy (non-hydrogen) atoms. The minimum atomic E-state index is -0.496. The number of nitrogens with zero attached hydrogens (tertiary/aromatic N) is 3. The van der Waals surface area contributed by atoms with Crippen LogP contribution in [-0.4, -0.2) is 14.5 Å². The molecule has 0 saturated heterocycles. The van der Waals surface area contributed by atoms with Gasteiger partial charge in [-0.3, -0.25) is 0 Å². The number of aryl methyl sites for hydroxylation is 1. The molecule has 0 atom stereocenters. The van der Waals surface area contributed by atoms with Crippen molar-refractivity contribution in [1.82, 2.24) is 14.5 Å². The summed E-state index contributed by atoms with van der Waals surface area (Å²) in [5.41, 5.74) is 1.35. The summed E-state index contributed by atoms with van der Waals surface area (Å²) >= 11 is 12.2. The Morgan fingerprint density at radius 1 is 1.19 bits per heavy atom. The molecule has 1 aromatic carbocycles. The maximum absolute atomic E-state index is 13.4. The van der Waals surface area contributed by atoms with Crippen molar-refractivity contribution in [2.24, 2.45) is 0 Å². The van der Waals surface area contributed by atoms with E-state index < -0.39 is 5.82 Å². The topological polar surface area (TPSA) is 55.9 Å². The van der Waals surface area contributed by atoms with E-state index >= 15 is 0 Å². The van der Waals surface area contributed by atoms with Crippen molar-refractivity contribution < 1.29 is 8.81 Å². The average molecular weight is 391 g/mol. The van der Waals surface area contributed by atoms with Crippen LogP contribution < -0.4 is 5.32 Å². The van der Waals surface area contributed by atoms with Crippen molar-refractivity contribution in [1.29, 1.82) is 0 Å². The number of hydrogen-bond donors (Lipinski definition) is 1. The molecule has 0 bridgehead atoms. The number of halogens is 3. The van der Waals surface area contributed by atoms with Crippen LogP contribution in [0.4, 0.5) is 15.9 Å². The molecule has 0 spiro atoms. The first-order chi connectivity index (χ1) is 12.5. The number of hydrogen-bond acceptors (Lipinski definition) is 4. The van der Waals surface area contributed by atoms with Crippen LogP contribution in [0.15, 0.2) is 47.3 Å². The highest BCUT2D eigenvalue weighted by atomic mass is 35.5. The monoisotopic (exact) mass is 390 g/mol. The molecule has 3 aromatic heterocycles. The molecule has 0 aliphatic rings. The van der Waals surface area contributed by atoms with E-state index in [0.717, 1.165) is 16.7 Å². The van der Waals surface area contributed by atoms with Gasteiger partial charge in [0.2, 0.25) is 5.89 Å². The highest BCUT2D eigenvalue weighted by Gasteiger charge is 2.13. The molecule has 4 rings (SSSR count). The Balaban J connectivity index is 1.71. The Bertz CT molecular complexity index is 1080. The van der Waals surface area contributed by atoms with Crippen molar-refractivity contribution in [3.8, 4) is 0 Å². The molecule has 0 saturated carbocycles. The third kappa shape index (κ3) is 3.13. The third-order valence-corrected chi connectivity index (χ3v) is 4.52. The Hall–Kier alpha value is -2.57. The summed E-state index contributed by atoms with van der Waals surface area (Å²) in [5, 5.41) is 4.33. The molecule has 1 N–H and O–H groups in total. The van der Waals surface area contributed by atoms with E-state index in [1.807, 2.05) is 29.8 Å². The standard InChI is InChI=1S/C18H13Cl2FN4O/c1-10-8-23-16(26-10)9-25-5-3-12-15(25)2-4-22-18(12)24-17-13(19)6-11(21)7-14(17)20/h2-8H,9H2,1H3,(H,22,24). The molecule has 8 heteroatoms. The quantitative estimate of drug-likeness (QED) is 0.494. The molecular weight excluding hydrogens is 378 g/mol. The average Bonchev–Trinajstić information content (AvgIpc) is 3.18. The van der Waals surface area contributed by atoms with Gasteiger partial charge in [0.1, 0.15) is 17.4 Å². The van der Waals surface area contributed by atoms with E-state index in [1.54, 1.807) is 12.4 Å². The Kier molecular flexibility index (Phi) is 4.30. The number of pyridine rings is 1. The molecule has 5 nitrogen and oxygen atoms in total. The normalized spacial score (nSPS) is 11.2. The van der Waals surface area contributed by atoms with Crippen LogP contribution in [-0.2, 0) is 6.54 Å². The predicted molar refractivity (Wildman–Crippen MR) is 99.8 cm³/mol. The lowest BCUT2D eigenvalue weighted by atomic mass is 10.2. The van der Waals surface area contributed by atoms with Gasteiger partial charge in [-0.05, 0) is 31.2 Å². The summed E-state index contributed by atoms with van der Waals surface area (Å²) in [6.45, 7) is 2.35. The molecule has 0 radical (unpaired) electrons. The van der Waals surface area contributed by atoms with Gasteiger partial charge in [-0.15, -0.1) is 0 Å². The zero-order chi connectivity index (χ0) is 18.3. The Morgan fingerprint density at radius 3 is 2.65 bits per heavy atom. The lowest BCUT2D eigenvalue weighted by Crippen LogP contribution is -2.00. The van der Waals surface area contributed by atoms with Crippen LogP contribution in [0.25, 0.3) is 10.9 Å². The summed E-state index contributed by atoms with van der Waals surface area (Å²) in [6, 6.07) is 6.22. The van der Waals surface area contributed by atoms with Gasteiger partial charge in [0, 0.05) is 17.8 Å². The van der Waals surface area contributed by atoms with Crippen LogP contribution in [0, 0.1) is 12.7 Å². The van der Waals surface area contributed by atoms with Gasteiger partial charge in [-0.25, -0.2) is 14.4 Å². The highest BCUT2D eigenvalue weighted by molar-refractivity contribution is 6.39. The first-order valence-corrected chi connectivity index (χ1v) is 8.53. The minimum Gasteiger partial charge on any atom is -0.444 e. The highest BCUT2D eigenvalue weighted by Crippen LogP contribution is 2.35. The van der Waals surface area contributed by atoms with Crippen molar-refractivity contribution in [3.05, 3.63) is 70.4 Å². The first-order valence-electron chi connectivity index (χ1n) is 7.78. The Labute approximate surface area is 158 Å². The van der Waals surface area contributed by atoms with Gasteiger partial charge < -0.3 is 14.3 Å². The van der Waals surface area contributed by atoms with Crippen LogP contribution in [0.2, 0.25) is 10.0 Å². The predicted octanol–water partition coefficient (Wildman–Crippen LogP) is 5.57. The van der Waals surface area contributed by atoms with E-state index in [1.165, 1.54) is 12.1 Å². The summed E-state index contributed by atoms with van der Waals surface area (Å²) in [4.78, 5) is 8.59. The second-order valence-electron chi connectivity index (χ2n) is 5.77. The van der Waals surface area contributed by atoms with E-state index in [0.29, 0.717) is 23.9 Å². The number of nitrogens with one attached hydrogen (secondary N) is 1.